The van der Waals surface area contributed by atoms with E-state index < -0.39 is 0 Å². The van der Waals surface area contributed by atoms with Gasteiger partial charge < -0.3 is 5.32 Å². The van der Waals surface area contributed by atoms with Gasteiger partial charge in [-0.3, -0.25) is 9.36 Å². The topological polar surface area (TPSA) is 46.9 Å². The number of fused-ring (bicyclic) bond motifs is 1. The zero-order chi connectivity index (χ0) is 14.8. The second-order valence-corrected chi connectivity index (χ2v) is 6.46. The summed E-state index contributed by atoms with van der Waals surface area (Å²) >= 11 is 0. The van der Waals surface area contributed by atoms with Crippen LogP contribution in [-0.2, 0) is 6.54 Å². The van der Waals surface area contributed by atoms with Crippen molar-refractivity contribution in [2.75, 3.05) is 6.54 Å². The maximum Gasteiger partial charge on any atom is 0.261 e. The average molecular weight is 273 g/mol. The van der Waals surface area contributed by atoms with Crippen molar-refractivity contribution in [3.8, 4) is 0 Å². The van der Waals surface area contributed by atoms with Gasteiger partial charge in [0.25, 0.3) is 5.56 Å². The van der Waals surface area contributed by atoms with Gasteiger partial charge >= 0.3 is 0 Å². The molecule has 0 spiro atoms. The first-order valence-corrected chi connectivity index (χ1v) is 7.06. The Bertz CT molecular complexity index is 640. The Balaban J connectivity index is 2.14. The fraction of sp³-hybridized carbons (Fsp3) is 0.500. The second-order valence-electron chi connectivity index (χ2n) is 6.46. The molecule has 0 amide bonds. The first kappa shape index (κ1) is 14.7. The minimum absolute atomic E-state index is 0.0400. The van der Waals surface area contributed by atoms with Gasteiger partial charge in [-0.2, -0.15) is 0 Å². The Labute approximate surface area is 119 Å². The predicted molar refractivity (Wildman–Crippen MR) is 82.9 cm³/mol. The number of nitrogens with zero attached hydrogens (tertiary/aromatic N) is 2. The Hall–Kier alpha value is -1.68. The smallest absolute Gasteiger partial charge is 0.261 e. The standard InChI is InChI=1S/C16H23N3O/c1-12(9-18-16(2,3)4)10-19-11-17-14-8-6-5-7-13(14)15(19)20/h5-8,11-12,18H,9-10H2,1-4H3. The van der Waals surface area contributed by atoms with Crippen LogP contribution in [0.1, 0.15) is 27.7 Å². The SMILES string of the molecule is CC(CNC(C)(C)C)Cn1cnc2ccccc2c1=O. The highest BCUT2D eigenvalue weighted by atomic mass is 16.1. The quantitative estimate of drug-likeness (QED) is 0.930. The van der Waals surface area contributed by atoms with Crippen LogP contribution in [0.15, 0.2) is 35.4 Å². The summed E-state index contributed by atoms with van der Waals surface area (Å²) < 4.78 is 1.71. The largest absolute Gasteiger partial charge is 0.312 e. The number of para-hydroxylation sites is 1. The fourth-order valence-corrected chi connectivity index (χ4v) is 2.12. The lowest BCUT2D eigenvalue weighted by molar-refractivity contribution is 0.357. The van der Waals surface area contributed by atoms with Crippen LogP contribution < -0.4 is 10.9 Å². The Morgan fingerprint density at radius 1 is 1.30 bits per heavy atom. The van der Waals surface area contributed by atoms with E-state index in [2.05, 4.69) is 38.0 Å². The number of nitrogens with one attached hydrogen (secondary N) is 1. The van der Waals surface area contributed by atoms with Gasteiger partial charge in [-0.25, -0.2) is 4.98 Å². The van der Waals surface area contributed by atoms with Crippen LogP contribution in [0.3, 0.4) is 0 Å². The lowest BCUT2D eigenvalue weighted by atomic mass is 10.1. The average Bonchev–Trinajstić information content (AvgIpc) is 2.39. The zero-order valence-electron chi connectivity index (χ0n) is 12.7. The van der Waals surface area contributed by atoms with Gasteiger partial charge in [0.2, 0.25) is 0 Å². The van der Waals surface area contributed by atoms with Crippen molar-refractivity contribution in [2.45, 2.75) is 39.8 Å². The van der Waals surface area contributed by atoms with Crippen molar-refractivity contribution in [3.05, 3.63) is 40.9 Å². The minimum Gasteiger partial charge on any atom is -0.312 e. The number of hydrogen-bond donors (Lipinski definition) is 1. The Kier molecular flexibility index (Phi) is 4.23. The van der Waals surface area contributed by atoms with Crippen molar-refractivity contribution in [2.24, 2.45) is 5.92 Å². The summed E-state index contributed by atoms with van der Waals surface area (Å²) in [5, 5.41) is 4.15. The molecule has 1 unspecified atom stereocenters. The van der Waals surface area contributed by atoms with Crippen molar-refractivity contribution in [3.63, 3.8) is 0 Å². The van der Waals surface area contributed by atoms with E-state index in [9.17, 15) is 4.79 Å². The van der Waals surface area contributed by atoms with Gasteiger partial charge in [-0.05, 0) is 45.4 Å². The van der Waals surface area contributed by atoms with Gasteiger partial charge in [0.05, 0.1) is 17.2 Å². The van der Waals surface area contributed by atoms with E-state index in [1.807, 2.05) is 24.3 Å². The number of hydrogen-bond acceptors (Lipinski definition) is 3. The lowest BCUT2D eigenvalue weighted by Gasteiger charge is -2.23. The van der Waals surface area contributed by atoms with E-state index in [0.29, 0.717) is 17.8 Å². The van der Waals surface area contributed by atoms with Crippen LogP contribution in [0.4, 0.5) is 0 Å². The summed E-state index contributed by atoms with van der Waals surface area (Å²) in [5.41, 5.74) is 0.897. The molecular formula is C16H23N3O. The van der Waals surface area contributed by atoms with Crippen LogP contribution in [0.2, 0.25) is 0 Å². The van der Waals surface area contributed by atoms with Crippen LogP contribution in [-0.4, -0.2) is 21.6 Å². The summed E-state index contributed by atoms with van der Waals surface area (Å²) in [5.74, 6) is 0.370. The Morgan fingerprint density at radius 3 is 2.70 bits per heavy atom. The van der Waals surface area contributed by atoms with E-state index >= 15 is 0 Å². The van der Waals surface area contributed by atoms with E-state index in [4.69, 9.17) is 0 Å². The molecule has 0 saturated heterocycles. The normalized spacial score (nSPS) is 13.6. The molecule has 0 radical (unpaired) electrons. The number of benzene rings is 1. The predicted octanol–water partition coefficient (Wildman–Crippen LogP) is 2.42. The fourth-order valence-electron chi connectivity index (χ4n) is 2.12. The van der Waals surface area contributed by atoms with Crippen molar-refractivity contribution < 1.29 is 0 Å². The summed E-state index contributed by atoms with van der Waals surface area (Å²) in [6.07, 6.45) is 1.65. The maximum absolute atomic E-state index is 12.4. The molecule has 1 aromatic heterocycles. The molecule has 1 N–H and O–H groups in total. The van der Waals surface area contributed by atoms with Crippen molar-refractivity contribution in [1.29, 1.82) is 0 Å². The minimum atomic E-state index is 0.0400. The molecule has 4 nitrogen and oxygen atoms in total. The van der Waals surface area contributed by atoms with Crippen LogP contribution in [0.5, 0.6) is 0 Å². The van der Waals surface area contributed by atoms with E-state index in [0.717, 1.165) is 12.1 Å². The molecule has 1 aromatic carbocycles. The number of aromatic nitrogens is 2. The van der Waals surface area contributed by atoms with Crippen molar-refractivity contribution in [1.82, 2.24) is 14.9 Å². The maximum atomic E-state index is 12.4. The van der Waals surface area contributed by atoms with Crippen LogP contribution in [0.25, 0.3) is 10.9 Å². The Morgan fingerprint density at radius 2 is 2.00 bits per heavy atom. The van der Waals surface area contributed by atoms with Gasteiger partial charge in [-0.1, -0.05) is 19.1 Å². The molecule has 20 heavy (non-hydrogen) atoms. The molecule has 0 aliphatic heterocycles. The first-order chi connectivity index (χ1) is 9.37. The third-order valence-electron chi connectivity index (χ3n) is 3.22. The molecule has 2 rings (SSSR count). The van der Waals surface area contributed by atoms with Gasteiger partial charge in [0, 0.05) is 12.1 Å². The molecule has 0 aliphatic rings. The third kappa shape index (κ3) is 3.67. The van der Waals surface area contributed by atoms with Crippen molar-refractivity contribution >= 4 is 10.9 Å². The second kappa shape index (κ2) is 5.75. The van der Waals surface area contributed by atoms with E-state index in [-0.39, 0.29) is 11.1 Å². The van der Waals surface area contributed by atoms with E-state index in [1.165, 1.54) is 0 Å². The van der Waals surface area contributed by atoms with Gasteiger partial charge in [-0.15, -0.1) is 0 Å². The van der Waals surface area contributed by atoms with Gasteiger partial charge in [0.15, 0.2) is 0 Å². The molecule has 108 valence electrons. The highest BCUT2D eigenvalue weighted by molar-refractivity contribution is 5.76. The number of rotatable bonds is 4. The van der Waals surface area contributed by atoms with Crippen LogP contribution in [0, 0.1) is 5.92 Å². The summed E-state index contributed by atoms with van der Waals surface area (Å²) in [7, 11) is 0. The first-order valence-electron chi connectivity index (χ1n) is 7.06. The molecular weight excluding hydrogens is 250 g/mol. The molecule has 2 aromatic rings. The summed E-state index contributed by atoms with van der Waals surface area (Å²) in [4.78, 5) is 16.7. The van der Waals surface area contributed by atoms with E-state index in [1.54, 1.807) is 10.9 Å². The molecule has 0 saturated carbocycles. The zero-order valence-corrected chi connectivity index (χ0v) is 12.7. The molecule has 1 heterocycles. The lowest BCUT2D eigenvalue weighted by Crippen LogP contribution is -2.40. The highest BCUT2D eigenvalue weighted by Gasteiger charge is 2.12. The summed E-state index contributed by atoms with van der Waals surface area (Å²) in [6.45, 7) is 10.1. The molecule has 0 fully saturated rings. The highest BCUT2D eigenvalue weighted by Crippen LogP contribution is 2.07. The monoisotopic (exact) mass is 273 g/mol. The molecule has 0 aliphatic carbocycles. The molecule has 1 atom stereocenters. The summed E-state index contributed by atoms with van der Waals surface area (Å²) in [6, 6.07) is 7.47. The molecule has 4 heteroatoms. The van der Waals surface area contributed by atoms with Crippen LogP contribution >= 0.6 is 0 Å². The third-order valence-corrected chi connectivity index (χ3v) is 3.22. The van der Waals surface area contributed by atoms with Gasteiger partial charge in [0.1, 0.15) is 0 Å². The molecule has 0 bridgehead atoms.